The predicted octanol–water partition coefficient (Wildman–Crippen LogP) is 2.94. The number of hydrogen-bond acceptors (Lipinski definition) is 5. The molecule has 3 rings (SSSR count). The Morgan fingerprint density at radius 3 is 2.48 bits per heavy atom. The summed E-state index contributed by atoms with van der Waals surface area (Å²) >= 11 is 3.19. The standard InChI is InChI=1S/C19H21BrN2O5/c1-12(26-15-4-2-14(23)3-5-15)18(24)21-13-8-10-22(11-9-13)19(25)16-6-7-17(20)27-16/h2-7,12-13,23H,8-11H2,1H3,(H,21,24). The van der Waals surface area contributed by atoms with E-state index in [9.17, 15) is 14.7 Å². The summed E-state index contributed by atoms with van der Waals surface area (Å²) in [6.45, 7) is 2.78. The molecule has 0 saturated carbocycles. The molecule has 8 heteroatoms. The average Bonchev–Trinajstić information content (AvgIpc) is 3.10. The van der Waals surface area contributed by atoms with E-state index in [2.05, 4.69) is 21.2 Å². The van der Waals surface area contributed by atoms with Gasteiger partial charge in [-0.15, -0.1) is 0 Å². The van der Waals surface area contributed by atoms with Crippen LogP contribution in [0.4, 0.5) is 0 Å². The zero-order valence-corrected chi connectivity index (χ0v) is 16.4. The number of amides is 2. The zero-order chi connectivity index (χ0) is 19.4. The van der Waals surface area contributed by atoms with Crippen LogP contribution in [0.2, 0.25) is 0 Å². The summed E-state index contributed by atoms with van der Waals surface area (Å²) in [5, 5.41) is 12.3. The van der Waals surface area contributed by atoms with Crippen LogP contribution in [0, 0.1) is 0 Å². The largest absolute Gasteiger partial charge is 0.508 e. The van der Waals surface area contributed by atoms with Gasteiger partial charge in [0.25, 0.3) is 11.8 Å². The summed E-state index contributed by atoms with van der Waals surface area (Å²) in [7, 11) is 0. The minimum atomic E-state index is -0.658. The number of furan rings is 1. The van der Waals surface area contributed by atoms with Crippen molar-refractivity contribution >= 4 is 27.7 Å². The van der Waals surface area contributed by atoms with Gasteiger partial charge in [0, 0.05) is 19.1 Å². The molecular weight excluding hydrogens is 416 g/mol. The third kappa shape index (κ3) is 5.03. The summed E-state index contributed by atoms with van der Waals surface area (Å²) in [6, 6.07) is 9.55. The molecule has 0 bridgehead atoms. The van der Waals surface area contributed by atoms with Crippen LogP contribution in [0.25, 0.3) is 0 Å². The highest BCUT2D eigenvalue weighted by atomic mass is 79.9. The van der Waals surface area contributed by atoms with Crippen molar-refractivity contribution in [1.82, 2.24) is 10.2 Å². The third-order valence-corrected chi connectivity index (χ3v) is 4.86. The SMILES string of the molecule is CC(Oc1ccc(O)cc1)C(=O)NC1CCN(C(=O)c2ccc(Br)o2)CC1. The average molecular weight is 437 g/mol. The lowest BCUT2D eigenvalue weighted by molar-refractivity contribution is -0.128. The van der Waals surface area contributed by atoms with Crippen LogP contribution in [-0.4, -0.2) is 47.1 Å². The van der Waals surface area contributed by atoms with Crippen molar-refractivity contribution in [3.8, 4) is 11.5 Å². The van der Waals surface area contributed by atoms with Gasteiger partial charge in [0.1, 0.15) is 11.5 Å². The number of carbonyl (C=O) groups excluding carboxylic acids is 2. The first-order valence-electron chi connectivity index (χ1n) is 8.73. The molecule has 0 radical (unpaired) electrons. The Labute approximate surface area is 165 Å². The monoisotopic (exact) mass is 436 g/mol. The van der Waals surface area contributed by atoms with Gasteiger partial charge in [0.2, 0.25) is 0 Å². The predicted molar refractivity (Wildman–Crippen MR) is 102 cm³/mol. The van der Waals surface area contributed by atoms with E-state index in [-0.39, 0.29) is 23.6 Å². The van der Waals surface area contributed by atoms with E-state index in [1.54, 1.807) is 36.1 Å². The second-order valence-corrected chi connectivity index (χ2v) is 7.21. The first-order chi connectivity index (χ1) is 12.9. The number of ether oxygens (including phenoxy) is 1. The highest BCUT2D eigenvalue weighted by molar-refractivity contribution is 9.10. The molecule has 2 N–H and O–H groups in total. The number of hydrogen-bond donors (Lipinski definition) is 2. The Balaban J connectivity index is 1.46. The molecule has 2 amide bonds. The number of rotatable bonds is 5. The van der Waals surface area contributed by atoms with Crippen molar-refractivity contribution in [3.05, 3.63) is 46.8 Å². The fourth-order valence-electron chi connectivity index (χ4n) is 2.91. The second-order valence-electron chi connectivity index (χ2n) is 6.43. The maximum Gasteiger partial charge on any atom is 0.289 e. The zero-order valence-electron chi connectivity index (χ0n) is 14.9. The highest BCUT2D eigenvalue weighted by Gasteiger charge is 2.27. The fraction of sp³-hybridized carbons (Fsp3) is 0.368. The Morgan fingerprint density at radius 2 is 1.89 bits per heavy atom. The summed E-state index contributed by atoms with van der Waals surface area (Å²) < 4.78 is 11.4. The first-order valence-corrected chi connectivity index (χ1v) is 9.52. The lowest BCUT2D eigenvalue weighted by Crippen LogP contribution is -2.49. The molecule has 2 aromatic rings. The number of piperidine rings is 1. The van der Waals surface area contributed by atoms with Gasteiger partial charge in [0.05, 0.1) is 0 Å². The van der Waals surface area contributed by atoms with Crippen molar-refractivity contribution in [2.45, 2.75) is 31.9 Å². The first kappa shape index (κ1) is 19.3. The van der Waals surface area contributed by atoms with Gasteiger partial charge >= 0.3 is 0 Å². The topological polar surface area (TPSA) is 92.0 Å². The van der Waals surface area contributed by atoms with Crippen molar-refractivity contribution < 1.29 is 23.8 Å². The lowest BCUT2D eigenvalue weighted by Gasteiger charge is -2.32. The molecule has 1 atom stereocenters. The van der Waals surface area contributed by atoms with Gasteiger partial charge in [-0.1, -0.05) is 0 Å². The Morgan fingerprint density at radius 1 is 1.22 bits per heavy atom. The number of likely N-dealkylation sites (tertiary alicyclic amines) is 1. The van der Waals surface area contributed by atoms with E-state index < -0.39 is 6.10 Å². The molecule has 1 aromatic carbocycles. The van der Waals surface area contributed by atoms with E-state index in [1.807, 2.05) is 0 Å². The Hall–Kier alpha value is -2.48. The van der Waals surface area contributed by atoms with Gasteiger partial charge in [-0.25, -0.2) is 0 Å². The summed E-state index contributed by atoms with van der Waals surface area (Å²) in [5.41, 5.74) is 0. The summed E-state index contributed by atoms with van der Waals surface area (Å²) in [4.78, 5) is 26.4. The molecule has 27 heavy (non-hydrogen) atoms. The number of benzene rings is 1. The van der Waals surface area contributed by atoms with E-state index in [1.165, 1.54) is 12.1 Å². The van der Waals surface area contributed by atoms with Crippen LogP contribution in [0.3, 0.4) is 0 Å². The van der Waals surface area contributed by atoms with Gasteiger partial charge in [-0.3, -0.25) is 9.59 Å². The van der Waals surface area contributed by atoms with Gasteiger partial charge in [-0.2, -0.15) is 0 Å². The normalized spacial score (nSPS) is 16.0. The minimum absolute atomic E-state index is 0.00393. The Kier molecular flexibility index (Phi) is 6.05. The Bertz CT molecular complexity index is 797. The van der Waals surface area contributed by atoms with Crippen molar-refractivity contribution in [3.63, 3.8) is 0 Å². The number of aromatic hydroxyl groups is 1. The van der Waals surface area contributed by atoms with Gasteiger partial charge < -0.3 is 24.5 Å². The van der Waals surface area contributed by atoms with E-state index in [0.29, 0.717) is 42.1 Å². The quantitative estimate of drug-likeness (QED) is 0.751. The van der Waals surface area contributed by atoms with Crippen LogP contribution in [0.1, 0.15) is 30.3 Å². The number of carbonyl (C=O) groups is 2. The fourth-order valence-corrected chi connectivity index (χ4v) is 3.22. The molecule has 1 aliphatic heterocycles. The second kappa shape index (κ2) is 8.47. The van der Waals surface area contributed by atoms with Crippen molar-refractivity contribution in [2.24, 2.45) is 0 Å². The molecule has 1 aromatic heterocycles. The van der Waals surface area contributed by atoms with Crippen molar-refractivity contribution in [1.29, 1.82) is 0 Å². The molecule has 1 saturated heterocycles. The van der Waals surface area contributed by atoms with E-state index >= 15 is 0 Å². The summed E-state index contributed by atoms with van der Waals surface area (Å²) in [6.07, 6.45) is 0.686. The van der Waals surface area contributed by atoms with Crippen molar-refractivity contribution in [2.75, 3.05) is 13.1 Å². The smallest absolute Gasteiger partial charge is 0.289 e. The minimum Gasteiger partial charge on any atom is -0.508 e. The summed E-state index contributed by atoms with van der Waals surface area (Å²) in [5.74, 6) is 0.612. The van der Waals surface area contributed by atoms with Crippen LogP contribution in [0.15, 0.2) is 45.5 Å². The van der Waals surface area contributed by atoms with E-state index in [0.717, 1.165) is 0 Å². The van der Waals surface area contributed by atoms with Crippen LogP contribution < -0.4 is 10.1 Å². The number of nitrogens with zero attached hydrogens (tertiary/aromatic N) is 1. The van der Waals surface area contributed by atoms with Crippen LogP contribution in [-0.2, 0) is 4.79 Å². The molecule has 0 spiro atoms. The molecule has 2 heterocycles. The van der Waals surface area contributed by atoms with E-state index in [4.69, 9.17) is 9.15 Å². The molecule has 1 unspecified atom stereocenters. The molecule has 1 fully saturated rings. The lowest BCUT2D eigenvalue weighted by atomic mass is 10.0. The molecular formula is C19H21BrN2O5. The molecule has 1 aliphatic rings. The van der Waals surface area contributed by atoms with Gasteiger partial charge in [-0.05, 0) is 72.1 Å². The number of nitrogens with one attached hydrogen (secondary N) is 1. The van der Waals surface area contributed by atoms with Crippen LogP contribution >= 0.6 is 15.9 Å². The number of phenols is 1. The molecule has 0 aliphatic carbocycles. The maximum absolute atomic E-state index is 12.4. The van der Waals surface area contributed by atoms with Gasteiger partial charge in [0.15, 0.2) is 16.5 Å². The highest BCUT2D eigenvalue weighted by Crippen LogP contribution is 2.20. The maximum atomic E-state index is 12.4. The molecule has 144 valence electrons. The molecule has 7 nitrogen and oxygen atoms in total. The number of halogens is 1. The van der Waals surface area contributed by atoms with Crippen LogP contribution in [0.5, 0.6) is 11.5 Å². The third-order valence-electron chi connectivity index (χ3n) is 4.43. The number of phenolic OH excluding ortho intramolecular Hbond substituents is 1.